The molecule has 120 valence electrons. The second kappa shape index (κ2) is 6.12. The lowest BCUT2D eigenvalue weighted by Gasteiger charge is -2.27. The Morgan fingerprint density at radius 2 is 2.05 bits per heavy atom. The lowest BCUT2D eigenvalue weighted by molar-refractivity contribution is -0.0462. The summed E-state index contributed by atoms with van der Waals surface area (Å²) in [6, 6.07) is 1.68. The molecule has 0 unspecified atom stereocenters. The van der Waals surface area contributed by atoms with E-state index in [0.29, 0.717) is 49.0 Å². The number of aromatic nitrogens is 3. The molecule has 0 aliphatic heterocycles. The average Bonchev–Trinajstić information content (AvgIpc) is 3.11. The summed E-state index contributed by atoms with van der Waals surface area (Å²) >= 11 is 0. The van der Waals surface area contributed by atoms with Gasteiger partial charge in [-0.05, 0) is 18.8 Å². The van der Waals surface area contributed by atoms with E-state index in [4.69, 9.17) is 13.8 Å². The normalized spacial score (nSPS) is 18.7. The van der Waals surface area contributed by atoms with Crippen molar-refractivity contribution in [1.29, 1.82) is 0 Å². The van der Waals surface area contributed by atoms with E-state index in [1.54, 1.807) is 13.2 Å². The summed E-state index contributed by atoms with van der Waals surface area (Å²) in [7, 11) is 1.56. The first-order valence-electron chi connectivity index (χ1n) is 7.21. The number of alkyl halides is 2. The van der Waals surface area contributed by atoms with Crippen LogP contribution in [-0.2, 0) is 17.8 Å². The molecule has 1 fully saturated rings. The van der Waals surface area contributed by atoms with Crippen molar-refractivity contribution >= 4 is 0 Å². The molecule has 0 amide bonds. The molecule has 0 aromatic carbocycles. The molecule has 1 aliphatic rings. The maximum Gasteiger partial charge on any atom is 0.248 e. The summed E-state index contributed by atoms with van der Waals surface area (Å²) in [6.45, 7) is 0.313. The van der Waals surface area contributed by atoms with Crippen molar-refractivity contribution in [1.82, 2.24) is 15.3 Å². The number of hydrogen-bond acceptors (Lipinski definition) is 6. The SMILES string of the molecule is COCc1cc(-c2noc(CC3CCC(F)(F)CC3)n2)no1. The van der Waals surface area contributed by atoms with Gasteiger partial charge in [0, 0.05) is 32.4 Å². The molecule has 0 saturated heterocycles. The highest BCUT2D eigenvalue weighted by molar-refractivity contribution is 5.47. The van der Waals surface area contributed by atoms with Gasteiger partial charge in [0.15, 0.2) is 11.5 Å². The predicted octanol–water partition coefficient (Wildman–Crippen LogP) is 3.24. The van der Waals surface area contributed by atoms with Gasteiger partial charge >= 0.3 is 0 Å². The van der Waals surface area contributed by atoms with Crippen LogP contribution in [0.25, 0.3) is 11.5 Å². The fourth-order valence-corrected chi connectivity index (χ4v) is 2.62. The third-order valence-electron chi connectivity index (χ3n) is 3.84. The molecule has 2 aromatic heterocycles. The average molecular weight is 313 g/mol. The molecule has 6 nitrogen and oxygen atoms in total. The van der Waals surface area contributed by atoms with E-state index < -0.39 is 5.92 Å². The molecule has 0 atom stereocenters. The van der Waals surface area contributed by atoms with E-state index in [-0.39, 0.29) is 18.8 Å². The van der Waals surface area contributed by atoms with Crippen LogP contribution in [0.5, 0.6) is 0 Å². The highest BCUT2D eigenvalue weighted by Gasteiger charge is 2.35. The quantitative estimate of drug-likeness (QED) is 0.843. The maximum absolute atomic E-state index is 13.1. The van der Waals surface area contributed by atoms with Gasteiger partial charge in [-0.25, -0.2) is 8.78 Å². The Morgan fingerprint density at radius 1 is 1.27 bits per heavy atom. The standard InChI is InChI=1S/C14H17F2N3O3/c1-20-8-10-7-11(18-21-10)13-17-12(22-19-13)6-9-2-4-14(15,16)5-3-9/h7,9H,2-6,8H2,1H3. The number of ether oxygens (including phenoxy) is 1. The van der Waals surface area contributed by atoms with Crippen LogP contribution in [-0.4, -0.2) is 28.3 Å². The van der Waals surface area contributed by atoms with Gasteiger partial charge in [-0.3, -0.25) is 0 Å². The summed E-state index contributed by atoms with van der Waals surface area (Å²) in [5.41, 5.74) is 0.470. The van der Waals surface area contributed by atoms with Crippen molar-refractivity contribution < 1.29 is 22.6 Å². The predicted molar refractivity (Wildman–Crippen MR) is 71.1 cm³/mol. The van der Waals surface area contributed by atoms with Crippen LogP contribution in [0.3, 0.4) is 0 Å². The molecule has 3 rings (SSSR count). The molecule has 22 heavy (non-hydrogen) atoms. The Balaban J connectivity index is 1.61. The Bertz CT molecular complexity index is 616. The molecule has 2 heterocycles. The molecule has 8 heteroatoms. The summed E-state index contributed by atoms with van der Waals surface area (Å²) in [6.07, 6.45) is 1.34. The topological polar surface area (TPSA) is 74.2 Å². The van der Waals surface area contributed by atoms with Crippen LogP contribution in [0.15, 0.2) is 15.1 Å². The Kier molecular flexibility index (Phi) is 4.19. The molecule has 1 saturated carbocycles. The van der Waals surface area contributed by atoms with Crippen molar-refractivity contribution in [2.45, 2.75) is 44.6 Å². The van der Waals surface area contributed by atoms with E-state index in [9.17, 15) is 8.78 Å². The third-order valence-corrected chi connectivity index (χ3v) is 3.84. The van der Waals surface area contributed by atoms with Crippen LogP contribution in [0.4, 0.5) is 8.78 Å². The van der Waals surface area contributed by atoms with E-state index in [2.05, 4.69) is 15.3 Å². The fourth-order valence-electron chi connectivity index (χ4n) is 2.62. The van der Waals surface area contributed by atoms with Gasteiger partial charge in [0.25, 0.3) is 0 Å². The minimum atomic E-state index is -2.52. The first kappa shape index (κ1) is 15.1. The van der Waals surface area contributed by atoms with E-state index in [1.165, 1.54) is 0 Å². The zero-order valence-electron chi connectivity index (χ0n) is 12.2. The summed E-state index contributed by atoms with van der Waals surface area (Å²) in [4.78, 5) is 4.26. The number of halogens is 2. The van der Waals surface area contributed by atoms with Gasteiger partial charge in [-0.15, -0.1) is 0 Å². The van der Waals surface area contributed by atoms with Crippen LogP contribution in [0.2, 0.25) is 0 Å². The van der Waals surface area contributed by atoms with Crippen LogP contribution in [0.1, 0.15) is 37.3 Å². The van der Waals surface area contributed by atoms with Gasteiger partial charge in [-0.2, -0.15) is 4.98 Å². The highest BCUT2D eigenvalue weighted by Crippen LogP contribution is 2.37. The van der Waals surface area contributed by atoms with Crippen LogP contribution < -0.4 is 0 Å². The molecule has 1 aliphatic carbocycles. The van der Waals surface area contributed by atoms with Crippen molar-refractivity contribution in [2.24, 2.45) is 5.92 Å². The summed E-state index contributed by atoms with van der Waals surface area (Å²) < 4.78 is 41.4. The Hall–Kier alpha value is -1.83. The number of hydrogen-bond donors (Lipinski definition) is 0. The van der Waals surface area contributed by atoms with Crippen LogP contribution >= 0.6 is 0 Å². The smallest absolute Gasteiger partial charge is 0.248 e. The molecular weight excluding hydrogens is 296 g/mol. The maximum atomic E-state index is 13.1. The van der Waals surface area contributed by atoms with E-state index in [1.807, 2.05) is 0 Å². The van der Waals surface area contributed by atoms with Crippen molar-refractivity contribution in [3.63, 3.8) is 0 Å². The second-order valence-electron chi connectivity index (χ2n) is 5.63. The van der Waals surface area contributed by atoms with Gasteiger partial charge in [-0.1, -0.05) is 10.3 Å². The van der Waals surface area contributed by atoms with E-state index in [0.717, 1.165) is 0 Å². The van der Waals surface area contributed by atoms with Crippen LogP contribution in [0, 0.1) is 5.92 Å². The van der Waals surface area contributed by atoms with Crippen molar-refractivity contribution in [3.8, 4) is 11.5 Å². The molecule has 0 radical (unpaired) electrons. The summed E-state index contributed by atoms with van der Waals surface area (Å²) in [5, 5.41) is 7.70. The zero-order valence-corrected chi connectivity index (χ0v) is 12.2. The van der Waals surface area contributed by atoms with Gasteiger partial charge in [0.05, 0.1) is 0 Å². The Labute approximate surface area is 125 Å². The molecule has 0 bridgehead atoms. The van der Waals surface area contributed by atoms with Gasteiger partial charge in [0.1, 0.15) is 6.61 Å². The number of nitrogens with zero attached hydrogens (tertiary/aromatic N) is 3. The molecule has 0 N–H and O–H groups in total. The van der Waals surface area contributed by atoms with E-state index >= 15 is 0 Å². The number of methoxy groups -OCH3 is 1. The molecule has 0 spiro atoms. The monoisotopic (exact) mass is 313 g/mol. The fraction of sp³-hybridized carbons (Fsp3) is 0.643. The molecular formula is C14H17F2N3O3. The lowest BCUT2D eigenvalue weighted by Crippen LogP contribution is -2.25. The van der Waals surface area contributed by atoms with Crippen molar-refractivity contribution in [2.75, 3.05) is 7.11 Å². The first-order valence-corrected chi connectivity index (χ1v) is 7.21. The van der Waals surface area contributed by atoms with Gasteiger partial charge in [0.2, 0.25) is 17.6 Å². The first-order chi connectivity index (χ1) is 10.6. The van der Waals surface area contributed by atoms with Crippen molar-refractivity contribution in [3.05, 3.63) is 17.7 Å². The Morgan fingerprint density at radius 3 is 2.77 bits per heavy atom. The third kappa shape index (κ3) is 3.49. The zero-order chi connectivity index (χ0) is 15.6. The largest absolute Gasteiger partial charge is 0.377 e. The van der Waals surface area contributed by atoms with Gasteiger partial charge < -0.3 is 13.8 Å². The molecule has 2 aromatic rings. The summed E-state index contributed by atoms with van der Waals surface area (Å²) in [5.74, 6) is -1.01. The lowest BCUT2D eigenvalue weighted by atomic mass is 9.85. The highest BCUT2D eigenvalue weighted by atomic mass is 19.3. The minimum Gasteiger partial charge on any atom is -0.377 e. The minimum absolute atomic E-state index is 0.0671. The number of rotatable bonds is 5. The second-order valence-corrected chi connectivity index (χ2v) is 5.63.